The van der Waals surface area contributed by atoms with Gasteiger partial charge in [0.25, 0.3) is 0 Å². The number of amides is 1. The summed E-state index contributed by atoms with van der Waals surface area (Å²) in [6.45, 7) is 1.32. The molecule has 0 aliphatic carbocycles. The fraction of sp³-hybridized carbons (Fsp3) is 0.200. The van der Waals surface area contributed by atoms with E-state index in [0.717, 1.165) is 24.2 Å². The Balaban J connectivity index is 1.39. The second-order valence-corrected chi connectivity index (χ2v) is 6.32. The Kier molecular flexibility index (Phi) is 4.65. The van der Waals surface area contributed by atoms with E-state index < -0.39 is 5.97 Å². The number of benzene rings is 2. The summed E-state index contributed by atoms with van der Waals surface area (Å²) in [5.41, 5.74) is 2.31. The fourth-order valence-electron chi connectivity index (χ4n) is 3.03. The third kappa shape index (κ3) is 3.87. The first-order valence-corrected chi connectivity index (χ1v) is 8.73. The quantitative estimate of drug-likeness (QED) is 0.515. The van der Waals surface area contributed by atoms with Gasteiger partial charge in [0.2, 0.25) is 5.91 Å². The molecule has 27 heavy (non-hydrogen) atoms. The van der Waals surface area contributed by atoms with Crippen molar-refractivity contribution in [2.75, 3.05) is 11.4 Å². The van der Waals surface area contributed by atoms with Crippen LogP contribution in [-0.4, -0.2) is 33.2 Å². The third-order valence-corrected chi connectivity index (χ3v) is 4.43. The maximum Gasteiger partial charge on any atom is 0.343 e. The molecule has 0 atom stereocenters. The zero-order chi connectivity index (χ0) is 18.6. The van der Waals surface area contributed by atoms with Gasteiger partial charge >= 0.3 is 5.97 Å². The summed E-state index contributed by atoms with van der Waals surface area (Å²) in [5.74, 6) is 0.153. The molecule has 1 fully saturated rings. The summed E-state index contributed by atoms with van der Waals surface area (Å²) in [5, 5.41) is 4.05. The highest BCUT2D eigenvalue weighted by Gasteiger charge is 2.21. The Morgan fingerprint density at radius 3 is 2.48 bits per heavy atom. The zero-order valence-corrected chi connectivity index (χ0v) is 14.6. The van der Waals surface area contributed by atoms with Gasteiger partial charge in [-0.2, -0.15) is 5.10 Å². The van der Waals surface area contributed by atoms with E-state index in [1.54, 1.807) is 52.3 Å². The van der Waals surface area contributed by atoms with Gasteiger partial charge in [0.1, 0.15) is 18.4 Å². The maximum atomic E-state index is 12.3. The number of ether oxygens (including phenoxy) is 1. The molecule has 0 unspecified atom stereocenters. The molecule has 2 heterocycles. The number of nitrogens with zero attached hydrogens (tertiary/aromatic N) is 4. The average Bonchev–Trinajstić information content (AvgIpc) is 3.35. The number of carbonyl (C=O) groups excluding carboxylic acids is 2. The van der Waals surface area contributed by atoms with Gasteiger partial charge in [-0.25, -0.2) is 14.5 Å². The van der Waals surface area contributed by atoms with E-state index in [2.05, 4.69) is 10.1 Å². The summed E-state index contributed by atoms with van der Waals surface area (Å²) in [7, 11) is 0. The lowest BCUT2D eigenvalue weighted by Gasteiger charge is -2.15. The standard InChI is InChI=1S/C20H18N4O3/c25-19-2-1-11-24(19)17-7-9-18(10-8-17)27-20(26)16-5-3-15(4-6-16)12-23-14-21-13-22-23/h3-10,13-14H,1-2,11-12H2. The van der Waals surface area contributed by atoms with Gasteiger partial charge in [-0.15, -0.1) is 0 Å². The number of aromatic nitrogens is 3. The molecule has 136 valence electrons. The molecule has 0 radical (unpaired) electrons. The van der Waals surface area contributed by atoms with E-state index >= 15 is 0 Å². The highest BCUT2D eigenvalue weighted by Crippen LogP contribution is 2.24. The van der Waals surface area contributed by atoms with Gasteiger partial charge in [0.15, 0.2) is 0 Å². The minimum absolute atomic E-state index is 0.130. The molecule has 0 saturated carbocycles. The first-order valence-electron chi connectivity index (χ1n) is 8.73. The predicted molar refractivity (Wildman–Crippen MR) is 98.6 cm³/mol. The SMILES string of the molecule is O=C(Oc1ccc(N2CCCC2=O)cc1)c1ccc(Cn2cncn2)cc1. The Bertz CT molecular complexity index is 934. The lowest BCUT2D eigenvalue weighted by Crippen LogP contribution is -2.23. The van der Waals surface area contributed by atoms with Gasteiger partial charge < -0.3 is 9.64 Å². The summed E-state index contributed by atoms with van der Waals surface area (Å²) in [6, 6.07) is 14.2. The van der Waals surface area contributed by atoms with Gasteiger partial charge in [0.05, 0.1) is 12.1 Å². The molecule has 0 spiro atoms. The van der Waals surface area contributed by atoms with Gasteiger partial charge in [-0.3, -0.25) is 4.79 Å². The van der Waals surface area contributed by atoms with E-state index in [9.17, 15) is 9.59 Å². The van der Waals surface area contributed by atoms with Crippen LogP contribution in [0.4, 0.5) is 5.69 Å². The average molecular weight is 362 g/mol. The summed E-state index contributed by atoms with van der Waals surface area (Å²) < 4.78 is 7.13. The monoisotopic (exact) mass is 362 g/mol. The second kappa shape index (κ2) is 7.41. The molecular weight excluding hydrogens is 344 g/mol. The Morgan fingerprint density at radius 1 is 1.07 bits per heavy atom. The van der Waals surface area contributed by atoms with Crippen molar-refractivity contribution in [3.8, 4) is 5.75 Å². The number of hydrogen-bond donors (Lipinski definition) is 0. The van der Waals surface area contributed by atoms with Crippen molar-refractivity contribution in [3.63, 3.8) is 0 Å². The van der Waals surface area contributed by atoms with Crippen LogP contribution in [0.15, 0.2) is 61.2 Å². The molecule has 4 rings (SSSR count). The highest BCUT2D eigenvalue weighted by molar-refractivity contribution is 5.95. The van der Waals surface area contributed by atoms with E-state index in [-0.39, 0.29) is 5.91 Å². The van der Waals surface area contributed by atoms with Crippen molar-refractivity contribution in [1.29, 1.82) is 0 Å². The molecule has 2 aromatic carbocycles. The summed E-state index contributed by atoms with van der Waals surface area (Å²) >= 11 is 0. The molecule has 3 aromatic rings. The molecule has 1 aliphatic rings. The van der Waals surface area contributed by atoms with Crippen LogP contribution in [0.5, 0.6) is 5.75 Å². The third-order valence-electron chi connectivity index (χ3n) is 4.43. The number of rotatable bonds is 5. The minimum atomic E-state index is -0.424. The van der Waals surface area contributed by atoms with Crippen molar-refractivity contribution in [2.24, 2.45) is 0 Å². The van der Waals surface area contributed by atoms with Crippen molar-refractivity contribution < 1.29 is 14.3 Å². The first-order chi connectivity index (χ1) is 13.2. The lowest BCUT2D eigenvalue weighted by atomic mass is 10.1. The van der Waals surface area contributed by atoms with Crippen molar-refractivity contribution in [1.82, 2.24) is 14.8 Å². The number of esters is 1. The fourth-order valence-corrected chi connectivity index (χ4v) is 3.03. The molecule has 7 nitrogen and oxygen atoms in total. The smallest absolute Gasteiger partial charge is 0.343 e. The van der Waals surface area contributed by atoms with Crippen LogP contribution in [0.1, 0.15) is 28.8 Å². The minimum Gasteiger partial charge on any atom is -0.423 e. The van der Waals surface area contributed by atoms with Crippen LogP contribution < -0.4 is 9.64 Å². The van der Waals surface area contributed by atoms with Crippen LogP contribution in [0.2, 0.25) is 0 Å². The van der Waals surface area contributed by atoms with Crippen LogP contribution in [0, 0.1) is 0 Å². The lowest BCUT2D eigenvalue weighted by molar-refractivity contribution is -0.117. The Morgan fingerprint density at radius 2 is 1.85 bits per heavy atom. The molecule has 1 saturated heterocycles. The summed E-state index contributed by atoms with van der Waals surface area (Å²) in [4.78, 5) is 29.8. The van der Waals surface area contributed by atoms with E-state index in [4.69, 9.17) is 4.74 Å². The largest absolute Gasteiger partial charge is 0.423 e. The Hall–Kier alpha value is -3.48. The normalized spacial score (nSPS) is 13.8. The predicted octanol–water partition coefficient (Wildman–Crippen LogP) is 2.67. The van der Waals surface area contributed by atoms with Crippen LogP contribution in [0.3, 0.4) is 0 Å². The molecule has 7 heteroatoms. The number of hydrogen-bond acceptors (Lipinski definition) is 5. The topological polar surface area (TPSA) is 77.3 Å². The Labute approximate surface area is 156 Å². The molecular formula is C20H18N4O3. The highest BCUT2D eigenvalue weighted by atomic mass is 16.5. The van der Waals surface area contributed by atoms with Crippen molar-refractivity contribution in [2.45, 2.75) is 19.4 Å². The van der Waals surface area contributed by atoms with Crippen molar-refractivity contribution in [3.05, 3.63) is 72.3 Å². The van der Waals surface area contributed by atoms with Gasteiger partial charge in [0, 0.05) is 18.7 Å². The second-order valence-electron chi connectivity index (χ2n) is 6.32. The van der Waals surface area contributed by atoms with Crippen LogP contribution in [-0.2, 0) is 11.3 Å². The van der Waals surface area contributed by atoms with Gasteiger partial charge in [-0.1, -0.05) is 12.1 Å². The summed E-state index contributed by atoms with van der Waals surface area (Å²) in [6.07, 6.45) is 4.59. The van der Waals surface area contributed by atoms with Crippen LogP contribution >= 0.6 is 0 Å². The molecule has 1 aromatic heterocycles. The molecule has 1 amide bonds. The van der Waals surface area contributed by atoms with E-state index in [1.807, 2.05) is 12.1 Å². The van der Waals surface area contributed by atoms with Crippen molar-refractivity contribution >= 4 is 17.6 Å². The van der Waals surface area contributed by atoms with Gasteiger partial charge in [-0.05, 0) is 48.4 Å². The molecule has 0 N–H and O–H groups in total. The number of carbonyl (C=O) groups is 2. The van der Waals surface area contributed by atoms with E-state index in [0.29, 0.717) is 24.3 Å². The molecule has 0 bridgehead atoms. The number of anilines is 1. The zero-order valence-electron chi connectivity index (χ0n) is 14.6. The molecule has 1 aliphatic heterocycles. The van der Waals surface area contributed by atoms with E-state index in [1.165, 1.54) is 6.33 Å². The maximum absolute atomic E-state index is 12.3. The first kappa shape index (κ1) is 17.0. The van der Waals surface area contributed by atoms with Crippen LogP contribution in [0.25, 0.3) is 0 Å².